The minimum atomic E-state index is 0.461. The van der Waals surface area contributed by atoms with Gasteiger partial charge in [0, 0.05) is 6.61 Å². The van der Waals surface area contributed by atoms with Crippen LogP contribution in [0.15, 0.2) is 0 Å². The molecule has 0 aliphatic heterocycles. The van der Waals surface area contributed by atoms with Crippen molar-refractivity contribution in [3.63, 3.8) is 0 Å². The van der Waals surface area contributed by atoms with E-state index >= 15 is 0 Å². The zero-order valence-corrected chi connectivity index (χ0v) is 8.97. The standard InChI is InChI=1S/C8H21N3O3/c1-3-12-5-10-7-14-8-11-6-13-4-9-2/h9-11H,3-8H2,1-2H3. The molecule has 0 aromatic rings. The van der Waals surface area contributed by atoms with Crippen molar-refractivity contribution in [3.05, 3.63) is 0 Å². The maximum atomic E-state index is 5.16. The molecule has 0 bridgehead atoms. The van der Waals surface area contributed by atoms with Crippen molar-refractivity contribution in [2.45, 2.75) is 6.92 Å². The van der Waals surface area contributed by atoms with Gasteiger partial charge in [0.05, 0.1) is 20.2 Å². The molecule has 3 N–H and O–H groups in total. The molecule has 6 nitrogen and oxygen atoms in total. The lowest BCUT2D eigenvalue weighted by atomic mass is 10.9. The lowest BCUT2D eigenvalue weighted by molar-refractivity contribution is 0.0313. The third kappa shape index (κ3) is 11.8. The van der Waals surface area contributed by atoms with Crippen LogP contribution >= 0.6 is 0 Å². The van der Waals surface area contributed by atoms with E-state index in [9.17, 15) is 0 Å². The van der Waals surface area contributed by atoms with Gasteiger partial charge in [-0.15, -0.1) is 0 Å². The Morgan fingerprint density at radius 1 is 0.786 bits per heavy atom. The Hall–Kier alpha value is -0.240. The van der Waals surface area contributed by atoms with Gasteiger partial charge >= 0.3 is 0 Å². The summed E-state index contributed by atoms with van der Waals surface area (Å²) in [5.41, 5.74) is 0. The van der Waals surface area contributed by atoms with Gasteiger partial charge in [0.15, 0.2) is 0 Å². The molecule has 0 saturated heterocycles. The molecule has 0 fully saturated rings. The molecule has 0 amide bonds. The average Bonchev–Trinajstić information content (AvgIpc) is 2.21. The van der Waals surface area contributed by atoms with Gasteiger partial charge in [-0.2, -0.15) is 0 Å². The molecule has 0 heterocycles. The van der Waals surface area contributed by atoms with Gasteiger partial charge < -0.3 is 14.2 Å². The zero-order valence-electron chi connectivity index (χ0n) is 8.97. The van der Waals surface area contributed by atoms with E-state index in [0.717, 1.165) is 0 Å². The van der Waals surface area contributed by atoms with Crippen LogP contribution < -0.4 is 16.0 Å². The minimum absolute atomic E-state index is 0.461. The minimum Gasteiger partial charge on any atom is -0.367 e. The first-order valence-electron chi connectivity index (χ1n) is 4.71. The van der Waals surface area contributed by atoms with Crippen LogP contribution in [0.4, 0.5) is 0 Å². The fraction of sp³-hybridized carbons (Fsp3) is 1.00. The summed E-state index contributed by atoms with van der Waals surface area (Å²) in [5.74, 6) is 0. The van der Waals surface area contributed by atoms with Gasteiger partial charge in [-0.3, -0.25) is 16.0 Å². The Labute approximate surface area is 85.3 Å². The van der Waals surface area contributed by atoms with E-state index in [2.05, 4.69) is 16.0 Å². The third-order valence-electron chi connectivity index (χ3n) is 1.27. The number of hydrogen-bond donors (Lipinski definition) is 3. The van der Waals surface area contributed by atoms with Gasteiger partial charge in [0.2, 0.25) is 0 Å². The van der Waals surface area contributed by atoms with E-state index in [-0.39, 0.29) is 0 Å². The van der Waals surface area contributed by atoms with Crippen molar-refractivity contribution in [1.82, 2.24) is 16.0 Å². The summed E-state index contributed by atoms with van der Waals surface area (Å²) < 4.78 is 15.3. The average molecular weight is 207 g/mol. The van der Waals surface area contributed by atoms with Crippen LogP contribution in [0.2, 0.25) is 0 Å². The van der Waals surface area contributed by atoms with Gasteiger partial charge in [-0.1, -0.05) is 0 Å². The van der Waals surface area contributed by atoms with E-state index in [1.54, 1.807) is 0 Å². The molecule has 0 saturated carbocycles. The molecular formula is C8H21N3O3. The first kappa shape index (κ1) is 13.8. The number of ether oxygens (including phenoxy) is 3. The highest BCUT2D eigenvalue weighted by Crippen LogP contribution is 1.71. The van der Waals surface area contributed by atoms with Crippen molar-refractivity contribution in [2.24, 2.45) is 0 Å². The van der Waals surface area contributed by atoms with Crippen LogP contribution in [0.3, 0.4) is 0 Å². The van der Waals surface area contributed by atoms with Gasteiger partial charge in [-0.05, 0) is 14.0 Å². The molecule has 0 unspecified atom stereocenters. The summed E-state index contributed by atoms with van der Waals surface area (Å²) in [7, 11) is 1.83. The third-order valence-corrected chi connectivity index (χ3v) is 1.27. The highest BCUT2D eigenvalue weighted by Gasteiger charge is 1.87. The van der Waals surface area contributed by atoms with Gasteiger partial charge in [0.25, 0.3) is 0 Å². The maximum absolute atomic E-state index is 5.16. The van der Waals surface area contributed by atoms with Crippen molar-refractivity contribution < 1.29 is 14.2 Å². The predicted molar refractivity (Wildman–Crippen MR) is 53.5 cm³/mol. The fourth-order valence-corrected chi connectivity index (χ4v) is 0.678. The highest BCUT2D eigenvalue weighted by atomic mass is 16.5. The fourth-order valence-electron chi connectivity index (χ4n) is 0.678. The first-order chi connectivity index (χ1) is 6.91. The molecular weight excluding hydrogens is 186 g/mol. The van der Waals surface area contributed by atoms with Crippen LogP contribution in [0.5, 0.6) is 0 Å². The van der Waals surface area contributed by atoms with Gasteiger partial charge in [0.1, 0.15) is 13.5 Å². The van der Waals surface area contributed by atoms with Gasteiger partial charge in [-0.25, -0.2) is 0 Å². The van der Waals surface area contributed by atoms with Crippen molar-refractivity contribution in [3.8, 4) is 0 Å². The van der Waals surface area contributed by atoms with Crippen molar-refractivity contribution in [1.29, 1.82) is 0 Å². The summed E-state index contributed by atoms with van der Waals surface area (Å²) in [4.78, 5) is 0. The molecule has 6 heteroatoms. The van der Waals surface area contributed by atoms with Crippen LogP contribution in [0, 0.1) is 0 Å². The summed E-state index contributed by atoms with van der Waals surface area (Å²) >= 11 is 0. The van der Waals surface area contributed by atoms with E-state index < -0.39 is 0 Å². The maximum Gasteiger partial charge on any atom is 0.100 e. The Morgan fingerprint density at radius 2 is 1.29 bits per heavy atom. The second kappa shape index (κ2) is 12.8. The highest BCUT2D eigenvalue weighted by molar-refractivity contribution is 4.28. The molecule has 0 atom stereocenters. The Balaban J connectivity index is 2.78. The Morgan fingerprint density at radius 3 is 1.79 bits per heavy atom. The lowest BCUT2D eigenvalue weighted by Gasteiger charge is -2.07. The quantitative estimate of drug-likeness (QED) is 0.306. The second-order valence-corrected chi connectivity index (χ2v) is 2.48. The van der Waals surface area contributed by atoms with Crippen molar-refractivity contribution in [2.75, 3.05) is 47.3 Å². The molecule has 0 radical (unpaired) electrons. The molecule has 0 aliphatic carbocycles. The predicted octanol–water partition coefficient (Wildman–Crippen LogP) is -0.758. The molecule has 0 aliphatic rings. The Bertz CT molecular complexity index is 93.8. The van der Waals surface area contributed by atoms with E-state index in [1.165, 1.54) is 0 Å². The Kier molecular flexibility index (Phi) is 12.5. The number of rotatable bonds is 11. The summed E-state index contributed by atoms with van der Waals surface area (Å²) in [6.07, 6.45) is 0. The van der Waals surface area contributed by atoms with E-state index in [1.807, 2.05) is 14.0 Å². The second-order valence-electron chi connectivity index (χ2n) is 2.48. The van der Waals surface area contributed by atoms with Crippen LogP contribution in [0.25, 0.3) is 0 Å². The van der Waals surface area contributed by atoms with Crippen LogP contribution in [0.1, 0.15) is 6.92 Å². The van der Waals surface area contributed by atoms with E-state index in [0.29, 0.717) is 40.3 Å². The first-order valence-corrected chi connectivity index (χ1v) is 4.71. The molecule has 14 heavy (non-hydrogen) atoms. The summed E-state index contributed by atoms with van der Waals surface area (Å²) in [6, 6.07) is 0. The summed E-state index contributed by atoms with van der Waals surface area (Å²) in [5, 5.41) is 8.76. The number of nitrogens with one attached hydrogen (secondary N) is 3. The monoisotopic (exact) mass is 207 g/mol. The summed E-state index contributed by atoms with van der Waals surface area (Å²) in [6.45, 7) is 5.13. The SMILES string of the molecule is CCOCNCOCNCOCNC. The lowest BCUT2D eigenvalue weighted by Crippen LogP contribution is -2.28. The molecule has 0 spiro atoms. The largest absolute Gasteiger partial charge is 0.367 e. The zero-order chi connectivity index (χ0) is 10.5. The molecule has 86 valence electrons. The van der Waals surface area contributed by atoms with Crippen LogP contribution in [-0.2, 0) is 14.2 Å². The van der Waals surface area contributed by atoms with E-state index in [4.69, 9.17) is 14.2 Å². The normalized spacial score (nSPS) is 10.7. The molecule has 0 aromatic heterocycles. The smallest absolute Gasteiger partial charge is 0.100 e. The van der Waals surface area contributed by atoms with Crippen LogP contribution in [-0.4, -0.2) is 47.3 Å². The molecule has 0 rings (SSSR count). The topological polar surface area (TPSA) is 63.8 Å². The molecule has 0 aromatic carbocycles. The van der Waals surface area contributed by atoms with Crippen molar-refractivity contribution >= 4 is 0 Å². The number of hydrogen-bond acceptors (Lipinski definition) is 6.